The minimum atomic E-state index is -0.467. The van der Waals surface area contributed by atoms with Crippen molar-refractivity contribution in [2.75, 3.05) is 23.3 Å². The zero-order valence-corrected chi connectivity index (χ0v) is 14.0. The highest BCUT2D eigenvalue weighted by molar-refractivity contribution is 6.08. The largest absolute Gasteiger partial charge is 0.371 e. The van der Waals surface area contributed by atoms with Crippen LogP contribution in [-0.2, 0) is 0 Å². The highest BCUT2D eigenvalue weighted by Gasteiger charge is 2.21. The number of non-ortho nitro benzene ring substituents is 1. The van der Waals surface area contributed by atoms with Crippen molar-refractivity contribution in [3.8, 4) is 0 Å². The van der Waals surface area contributed by atoms with Gasteiger partial charge in [0.2, 0.25) is 0 Å². The maximum Gasteiger partial charge on any atom is 0.270 e. The lowest BCUT2D eigenvalue weighted by molar-refractivity contribution is -0.384. The molecule has 0 radical (unpaired) electrons. The monoisotopic (exact) mass is 339 g/mol. The number of nitrogens with zero attached hydrogens (tertiary/aromatic N) is 2. The molecular weight excluding hydrogens is 318 g/mol. The zero-order valence-electron chi connectivity index (χ0n) is 14.0. The molecule has 0 saturated carbocycles. The summed E-state index contributed by atoms with van der Waals surface area (Å²) in [6.45, 7) is 1.73. The van der Waals surface area contributed by atoms with E-state index in [9.17, 15) is 14.9 Å². The van der Waals surface area contributed by atoms with Crippen molar-refractivity contribution >= 4 is 23.0 Å². The first kappa shape index (κ1) is 17.0. The lowest BCUT2D eigenvalue weighted by Crippen LogP contribution is -2.27. The molecule has 1 saturated heterocycles. The van der Waals surface area contributed by atoms with Crippen LogP contribution in [0.15, 0.2) is 48.5 Å². The Balaban J connectivity index is 1.94. The third-order valence-electron chi connectivity index (χ3n) is 4.41. The highest BCUT2D eigenvalue weighted by Crippen LogP contribution is 2.28. The zero-order chi connectivity index (χ0) is 17.6. The van der Waals surface area contributed by atoms with Crippen LogP contribution in [0.25, 0.3) is 0 Å². The van der Waals surface area contributed by atoms with E-state index in [1.807, 2.05) is 18.2 Å². The SMILES string of the molecule is O=C(Nc1ccccc1)c1cc([N+](=O)[O-])ccc1N1CCCCCC1. The molecule has 6 nitrogen and oxygen atoms in total. The molecule has 2 aromatic carbocycles. The molecule has 0 aliphatic carbocycles. The molecule has 1 aliphatic heterocycles. The summed E-state index contributed by atoms with van der Waals surface area (Å²) in [7, 11) is 0. The number of anilines is 2. The van der Waals surface area contributed by atoms with Crippen molar-refractivity contribution in [3.05, 3.63) is 64.2 Å². The number of nitro groups is 1. The van der Waals surface area contributed by atoms with Gasteiger partial charge in [0, 0.05) is 30.9 Å². The summed E-state index contributed by atoms with van der Waals surface area (Å²) in [5.74, 6) is -0.325. The molecule has 0 bridgehead atoms. The van der Waals surface area contributed by atoms with E-state index in [1.54, 1.807) is 18.2 Å². The fraction of sp³-hybridized carbons (Fsp3) is 0.316. The van der Waals surface area contributed by atoms with Gasteiger partial charge in [-0.05, 0) is 31.0 Å². The lowest BCUT2D eigenvalue weighted by Gasteiger charge is -2.25. The third kappa shape index (κ3) is 4.15. The van der Waals surface area contributed by atoms with Crippen molar-refractivity contribution in [1.29, 1.82) is 0 Å². The maximum absolute atomic E-state index is 12.8. The molecule has 0 aromatic heterocycles. The number of benzene rings is 2. The number of carbonyl (C=O) groups excluding carboxylic acids is 1. The molecule has 1 aliphatic rings. The van der Waals surface area contributed by atoms with E-state index in [0.717, 1.165) is 31.6 Å². The Morgan fingerprint density at radius 1 is 1.00 bits per heavy atom. The van der Waals surface area contributed by atoms with Crippen molar-refractivity contribution in [2.45, 2.75) is 25.7 Å². The third-order valence-corrected chi connectivity index (χ3v) is 4.41. The number of amides is 1. The van der Waals surface area contributed by atoms with Gasteiger partial charge in [-0.2, -0.15) is 0 Å². The van der Waals surface area contributed by atoms with E-state index in [-0.39, 0.29) is 11.6 Å². The number of hydrogen-bond acceptors (Lipinski definition) is 4. The summed E-state index contributed by atoms with van der Waals surface area (Å²) >= 11 is 0. The van der Waals surface area contributed by atoms with Gasteiger partial charge in [-0.15, -0.1) is 0 Å². The fourth-order valence-electron chi connectivity index (χ4n) is 3.13. The molecule has 1 fully saturated rings. The number of nitrogens with one attached hydrogen (secondary N) is 1. The van der Waals surface area contributed by atoms with Crippen LogP contribution in [0.1, 0.15) is 36.0 Å². The quantitative estimate of drug-likeness (QED) is 0.668. The molecule has 1 N–H and O–H groups in total. The first-order valence-electron chi connectivity index (χ1n) is 8.55. The maximum atomic E-state index is 12.8. The Morgan fingerprint density at radius 3 is 2.32 bits per heavy atom. The number of para-hydroxylation sites is 1. The van der Waals surface area contributed by atoms with Gasteiger partial charge in [-0.1, -0.05) is 31.0 Å². The second kappa shape index (κ2) is 7.79. The van der Waals surface area contributed by atoms with Gasteiger partial charge in [0.15, 0.2) is 0 Å². The van der Waals surface area contributed by atoms with Gasteiger partial charge in [-0.25, -0.2) is 0 Å². The Labute approximate surface area is 146 Å². The molecule has 130 valence electrons. The second-order valence-electron chi connectivity index (χ2n) is 6.18. The molecule has 6 heteroatoms. The predicted molar refractivity (Wildman–Crippen MR) is 98.2 cm³/mol. The molecule has 0 spiro atoms. The van der Waals surface area contributed by atoms with Gasteiger partial charge in [0.25, 0.3) is 11.6 Å². The van der Waals surface area contributed by atoms with Crippen LogP contribution in [-0.4, -0.2) is 23.9 Å². The van der Waals surface area contributed by atoms with Crippen molar-refractivity contribution in [1.82, 2.24) is 0 Å². The van der Waals surface area contributed by atoms with E-state index < -0.39 is 4.92 Å². The van der Waals surface area contributed by atoms with E-state index in [0.29, 0.717) is 11.3 Å². The van der Waals surface area contributed by atoms with Gasteiger partial charge in [-0.3, -0.25) is 14.9 Å². The average molecular weight is 339 g/mol. The molecule has 0 atom stereocenters. The Bertz CT molecular complexity index is 754. The number of hydrogen-bond donors (Lipinski definition) is 1. The molecule has 2 aromatic rings. The minimum Gasteiger partial charge on any atom is -0.371 e. The summed E-state index contributed by atoms with van der Waals surface area (Å²) in [5.41, 5.74) is 1.71. The van der Waals surface area contributed by atoms with Crippen molar-refractivity contribution < 1.29 is 9.72 Å². The lowest BCUT2D eigenvalue weighted by atomic mass is 10.1. The summed E-state index contributed by atoms with van der Waals surface area (Å²) in [6, 6.07) is 13.7. The molecule has 1 amide bonds. The molecule has 0 unspecified atom stereocenters. The summed E-state index contributed by atoms with van der Waals surface area (Å²) in [4.78, 5) is 25.6. The van der Waals surface area contributed by atoms with Crippen LogP contribution in [0.3, 0.4) is 0 Å². The fourth-order valence-corrected chi connectivity index (χ4v) is 3.13. The van der Waals surface area contributed by atoms with Gasteiger partial charge in [0.1, 0.15) is 0 Å². The van der Waals surface area contributed by atoms with Gasteiger partial charge in [0.05, 0.1) is 16.2 Å². The number of rotatable bonds is 4. The Hall–Kier alpha value is -2.89. The van der Waals surface area contributed by atoms with Crippen LogP contribution in [0.2, 0.25) is 0 Å². The first-order chi connectivity index (χ1) is 12.1. The standard InChI is InChI=1S/C19H21N3O3/c23-19(20-15-8-4-3-5-9-15)17-14-16(22(24)25)10-11-18(17)21-12-6-1-2-7-13-21/h3-5,8-11,14H,1-2,6-7,12-13H2,(H,20,23). The van der Waals surface area contributed by atoms with Crippen LogP contribution in [0, 0.1) is 10.1 Å². The smallest absolute Gasteiger partial charge is 0.270 e. The Morgan fingerprint density at radius 2 is 1.68 bits per heavy atom. The summed E-state index contributed by atoms with van der Waals surface area (Å²) in [5, 5.41) is 14.0. The average Bonchev–Trinajstić information content (AvgIpc) is 2.91. The topological polar surface area (TPSA) is 75.5 Å². The van der Waals surface area contributed by atoms with Gasteiger partial charge >= 0.3 is 0 Å². The van der Waals surface area contributed by atoms with Crippen molar-refractivity contribution in [3.63, 3.8) is 0 Å². The number of nitro benzene ring substituents is 1. The van der Waals surface area contributed by atoms with Crippen LogP contribution in [0.5, 0.6) is 0 Å². The summed E-state index contributed by atoms with van der Waals surface area (Å²) in [6.07, 6.45) is 4.48. The van der Waals surface area contributed by atoms with Crippen LogP contribution in [0.4, 0.5) is 17.1 Å². The van der Waals surface area contributed by atoms with Crippen molar-refractivity contribution in [2.24, 2.45) is 0 Å². The minimum absolute atomic E-state index is 0.0724. The van der Waals surface area contributed by atoms with E-state index in [1.165, 1.54) is 25.0 Å². The van der Waals surface area contributed by atoms with E-state index in [4.69, 9.17) is 0 Å². The first-order valence-corrected chi connectivity index (χ1v) is 8.55. The number of carbonyl (C=O) groups is 1. The van der Waals surface area contributed by atoms with E-state index in [2.05, 4.69) is 10.2 Å². The van der Waals surface area contributed by atoms with Crippen LogP contribution < -0.4 is 10.2 Å². The van der Waals surface area contributed by atoms with E-state index >= 15 is 0 Å². The highest BCUT2D eigenvalue weighted by atomic mass is 16.6. The predicted octanol–water partition coefficient (Wildman–Crippen LogP) is 4.23. The molecular formula is C19H21N3O3. The van der Waals surface area contributed by atoms with Crippen LogP contribution >= 0.6 is 0 Å². The molecule has 3 rings (SSSR count). The van der Waals surface area contributed by atoms with Gasteiger partial charge < -0.3 is 10.2 Å². The Kier molecular flexibility index (Phi) is 5.28. The second-order valence-corrected chi connectivity index (χ2v) is 6.18. The summed E-state index contributed by atoms with van der Waals surface area (Å²) < 4.78 is 0. The normalized spacial score (nSPS) is 14.6. The molecule has 1 heterocycles. The molecule has 25 heavy (non-hydrogen) atoms.